The SMILES string of the molecule is NC(COc1cccnc1)c1ccc(C(F)(F)F)cc1. The number of nitrogens with two attached hydrogens (primary N) is 1. The Morgan fingerprint density at radius 3 is 2.40 bits per heavy atom. The van der Waals surface area contributed by atoms with Crippen molar-refractivity contribution in [2.24, 2.45) is 5.73 Å². The minimum atomic E-state index is -4.34. The Hall–Kier alpha value is -2.08. The zero-order chi connectivity index (χ0) is 14.6. The number of halogens is 3. The van der Waals surface area contributed by atoms with Gasteiger partial charge in [0.15, 0.2) is 0 Å². The molecule has 2 aromatic rings. The van der Waals surface area contributed by atoms with Crippen LogP contribution in [0.1, 0.15) is 17.2 Å². The summed E-state index contributed by atoms with van der Waals surface area (Å²) >= 11 is 0. The summed E-state index contributed by atoms with van der Waals surface area (Å²) in [6, 6.07) is 7.70. The standard InChI is InChI=1S/C14H13F3N2O/c15-14(16,17)11-5-3-10(4-6-11)13(18)9-20-12-2-1-7-19-8-12/h1-8,13H,9,18H2. The van der Waals surface area contributed by atoms with Crippen LogP contribution in [0.25, 0.3) is 0 Å². The minimum Gasteiger partial charge on any atom is -0.490 e. The predicted octanol–water partition coefficient (Wildman–Crippen LogP) is 3.18. The summed E-state index contributed by atoms with van der Waals surface area (Å²) in [4.78, 5) is 3.88. The molecule has 0 aliphatic rings. The van der Waals surface area contributed by atoms with Crippen LogP contribution in [-0.2, 0) is 6.18 Å². The van der Waals surface area contributed by atoms with Crippen LogP contribution in [0.4, 0.5) is 13.2 Å². The lowest BCUT2D eigenvalue weighted by atomic mass is 10.1. The van der Waals surface area contributed by atoms with Gasteiger partial charge in [-0.15, -0.1) is 0 Å². The third-order valence-corrected chi connectivity index (χ3v) is 2.73. The number of rotatable bonds is 4. The molecular weight excluding hydrogens is 269 g/mol. The lowest BCUT2D eigenvalue weighted by Crippen LogP contribution is -2.19. The maximum absolute atomic E-state index is 12.4. The molecule has 3 nitrogen and oxygen atoms in total. The van der Waals surface area contributed by atoms with E-state index in [-0.39, 0.29) is 6.61 Å². The first kappa shape index (κ1) is 14.3. The first-order valence-corrected chi connectivity index (χ1v) is 5.92. The topological polar surface area (TPSA) is 48.1 Å². The van der Waals surface area contributed by atoms with E-state index in [1.165, 1.54) is 12.1 Å². The van der Waals surface area contributed by atoms with Gasteiger partial charge in [-0.2, -0.15) is 13.2 Å². The maximum atomic E-state index is 12.4. The molecule has 0 aliphatic heterocycles. The summed E-state index contributed by atoms with van der Waals surface area (Å²) in [6.45, 7) is 0.164. The molecule has 0 spiro atoms. The molecule has 2 N–H and O–H groups in total. The molecule has 0 radical (unpaired) electrons. The Morgan fingerprint density at radius 2 is 1.85 bits per heavy atom. The number of aromatic nitrogens is 1. The van der Waals surface area contributed by atoms with Crippen molar-refractivity contribution in [1.29, 1.82) is 0 Å². The average molecular weight is 282 g/mol. The van der Waals surface area contributed by atoms with Crippen LogP contribution in [0.15, 0.2) is 48.8 Å². The molecule has 0 aliphatic carbocycles. The lowest BCUT2D eigenvalue weighted by Gasteiger charge is -2.14. The second-order valence-electron chi connectivity index (χ2n) is 4.23. The van der Waals surface area contributed by atoms with E-state index in [0.717, 1.165) is 12.1 Å². The van der Waals surface area contributed by atoms with Crippen molar-refractivity contribution in [2.45, 2.75) is 12.2 Å². The Labute approximate surface area is 114 Å². The first-order chi connectivity index (χ1) is 9.47. The average Bonchev–Trinajstić information content (AvgIpc) is 2.45. The van der Waals surface area contributed by atoms with Gasteiger partial charge in [-0.05, 0) is 29.8 Å². The fourth-order valence-electron chi connectivity index (χ4n) is 1.63. The Bertz CT molecular complexity index is 541. The van der Waals surface area contributed by atoms with Crippen LogP contribution < -0.4 is 10.5 Å². The molecule has 2 rings (SSSR count). The molecule has 6 heteroatoms. The van der Waals surface area contributed by atoms with Crippen LogP contribution >= 0.6 is 0 Å². The summed E-state index contributed by atoms with van der Waals surface area (Å²) in [7, 11) is 0. The van der Waals surface area contributed by atoms with Gasteiger partial charge in [-0.3, -0.25) is 4.98 Å². The van der Waals surface area contributed by atoms with Crippen molar-refractivity contribution in [2.75, 3.05) is 6.61 Å². The summed E-state index contributed by atoms with van der Waals surface area (Å²) in [5.74, 6) is 0.565. The molecule has 0 saturated heterocycles. The van der Waals surface area contributed by atoms with Gasteiger partial charge < -0.3 is 10.5 Å². The highest BCUT2D eigenvalue weighted by molar-refractivity contribution is 5.27. The molecule has 1 atom stereocenters. The van der Waals surface area contributed by atoms with Crippen molar-refractivity contribution in [3.63, 3.8) is 0 Å². The van der Waals surface area contributed by atoms with Crippen molar-refractivity contribution in [3.8, 4) is 5.75 Å². The quantitative estimate of drug-likeness (QED) is 0.937. The summed E-state index contributed by atoms with van der Waals surface area (Å²) < 4.78 is 42.7. The summed E-state index contributed by atoms with van der Waals surface area (Å²) in [6.07, 6.45) is -1.18. The number of benzene rings is 1. The molecule has 1 unspecified atom stereocenters. The molecule has 0 saturated carbocycles. The molecule has 1 heterocycles. The van der Waals surface area contributed by atoms with Crippen LogP contribution in [0.2, 0.25) is 0 Å². The second-order valence-corrected chi connectivity index (χ2v) is 4.23. The van der Waals surface area contributed by atoms with Crippen molar-refractivity contribution in [3.05, 3.63) is 59.9 Å². The van der Waals surface area contributed by atoms with E-state index in [4.69, 9.17) is 10.5 Å². The number of pyridine rings is 1. The van der Waals surface area contributed by atoms with E-state index < -0.39 is 17.8 Å². The fraction of sp³-hybridized carbons (Fsp3) is 0.214. The Kier molecular flexibility index (Phi) is 4.24. The predicted molar refractivity (Wildman–Crippen MR) is 68.1 cm³/mol. The fourth-order valence-corrected chi connectivity index (χ4v) is 1.63. The normalized spacial score (nSPS) is 13.0. The Morgan fingerprint density at radius 1 is 1.15 bits per heavy atom. The van der Waals surface area contributed by atoms with Crippen molar-refractivity contribution < 1.29 is 17.9 Å². The van der Waals surface area contributed by atoms with Gasteiger partial charge in [0.05, 0.1) is 17.8 Å². The van der Waals surface area contributed by atoms with Gasteiger partial charge in [0.1, 0.15) is 12.4 Å². The van der Waals surface area contributed by atoms with Crippen LogP contribution in [0.5, 0.6) is 5.75 Å². The Balaban J connectivity index is 1.97. The number of hydrogen-bond donors (Lipinski definition) is 1. The smallest absolute Gasteiger partial charge is 0.416 e. The summed E-state index contributed by atoms with van der Waals surface area (Å²) in [5, 5.41) is 0. The number of alkyl halides is 3. The monoisotopic (exact) mass is 282 g/mol. The van der Waals surface area contributed by atoms with E-state index in [2.05, 4.69) is 4.98 Å². The minimum absolute atomic E-state index is 0.164. The van der Waals surface area contributed by atoms with Gasteiger partial charge in [-0.1, -0.05) is 12.1 Å². The van der Waals surface area contributed by atoms with Crippen molar-refractivity contribution in [1.82, 2.24) is 4.98 Å². The van der Waals surface area contributed by atoms with Gasteiger partial charge in [-0.25, -0.2) is 0 Å². The molecule has 20 heavy (non-hydrogen) atoms. The maximum Gasteiger partial charge on any atom is 0.416 e. The van der Waals surface area contributed by atoms with Gasteiger partial charge >= 0.3 is 6.18 Å². The highest BCUT2D eigenvalue weighted by Gasteiger charge is 2.30. The van der Waals surface area contributed by atoms with Crippen molar-refractivity contribution >= 4 is 0 Å². The number of ether oxygens (including phenoxy) is 1. The molecule has 0 amide bonds. The lowest BCUT2D eigenvalue weighted by molar-refractivity contribution is -0.137. The number of nitrogens with zero attached hydrogens (tertiary/aromatic N) is 1. The third kappa shape index (κ3) is 3.71. The largest absolute Gasteiger partial charge is 0.490 e. The van der Waals surface area contributed by atoms with E-state index in [1.807, 2.05) is 0 Å². The van der Waals surface area contributed by atoms with Crippen LogP contribution in [0, 0.1) is 0 Å². The van der Waals surface area contributed by atoms with E-state index in [0.29, 0.717) is 11.3 Å². The van der Waals surface area contributed by atoms with Gasteiger partial charge in [0, 0.05) is 6.20 Å². The molecule has 0 bridgehead atoms. The van der Waals surface area contributed by atoms with Crippen LogP contribution in [-0.4, -0.2) is 11.6 Å². The molecule has 1 aromatic heterocycles. The molecule has 1 aromatic carbocycles. The highest BCUT2D eigenvalue weighted by atomic mass is 19.4. The zero-order valence-electron chi connectivity index (χ0n) is 10.5. The molecular formula is C14H13F3N2O. The van der Waals surface area contributed by atoms with E-state index in [1.54, 1.807) is 24.5 Å². The van der Waals surface area contributed by atoms with Gasteiger partial charge in [0.25, 0.3) is 0 Å². The summed E-state index contributed by atoms with van der Waals surface area (Å²) in [5.41, 5.74) is 5.77. The second kappa shape index (κ2) is 5.92. The molecule has 0 fully saturated rings. The van der Waals surface area contributed by atoms with E-state index in [9.17, 15) is 13.2 Å². The third-order valence-electron chi connectivity index (χ3n) is 2.73. The molecule has 106 valence electrons. The first-order valence-electron chi connectivity index (χ1n) is 5.92. The van der Waals surface area contributed by atoms with E-state index >= 15 is 0 Å². The zero-order valence-corrected chi connectivity index (χ0v) is 10.5. The van der Waals surface area contributed by atoms with Crippen LogP contribution in [0.3, 0.4) is 0 Å². The number of hydrogen-bond acceptors (Lipinski definition) is 3. The van der Waals surface area contributed by atoms with Gasteiger partial charge in [0.2, 0.25) is 0 Å². The highest BCUT2D eigenvalue weighted by Crippen LogP contribution is 2.29.